The third kappa shape index (κ3) is 3.18. The quantitative estimate of drug-likeness (QED) is 0.929. The van der Waals surface area contributed by atoms with Gasteiger partial charge in [0.05, 0.1) is 23.5 Å². The lowest BCUT2D eigenvalue weighted by atomic mass is 9.99. The highest BCUT2D eigenvalue weighted by molar-refractivity contribution is 5.99. The minimum atomic E-state index is -0.254. The van der Waals surface area contributed by atoms with Crippen LogP contribution in [0.25, 0.3) is 0 Å². The molecule has 1 N–H and O–H groups in total. The highest BCUT2D eigenvalue weighted by Crippen LogP contribution is 2.41. The van der Waals surface area contributed by atoms with E-state index in [1.165, 1.54) is 11.1 Å². The maximum absolute atomic E-state index is 12.7. The minimum absolute atomic E-state index is 0.0829. The smallest absolute Gasteiger partial charge is 0.228 e. The lowest BCUT2D eigenvalue weighted by Gasteiger charge is -2.29. The molecular weight excluding hydrogens is 326 g/mol. The van der Waals surface area contributed by atoms with Gasteiger partial charge in [0.1, 0.15) is 0 Å². The molecule has 0 radical (unpaired) electrons. The van der Waals surface area contributed by atoms with Crippen molar-refractivity contribution in [3.63, 3.8) is 0 Å². The van der Waals surface area contributed by atoms with Crippen LogP contribution in [-0.2, 0) is 22.6 Å². The van der Waals surface area contributed by atoms with Crippen LogP contribution in [0.15, 0.2) is 48.5 Å². The van der Waals surface area contributed by atoms with Crippen LogP contribution in [0.3, 0.4) is 0 Å². The molecule has 2 amide bonds. The molecule has 1 saturated carbocycles. The van der Waals surface area contributed by atoms with Crippen LogP contribution in [0.5, 0.6) is 0 Å². The molecule has 1 aliphatic heterocycles. The van der Waals surface area contributed by atoms with Crippen LogP contribution < -0.4 is 5.32 Å². The van der Waals surface area contributed by atoms with E-state index in [0.29, 0.717) is 24.2 Å². The Kier molecular flexibility index (Phi) is 4.18. The summed E-state index contributed by atoms with van der Waals surface area (Å²) in [5.74, 6) is -0.501. The molecule has 2 atom stereocenters. The van der Waals surface area contributed by atoms with Crippen LogP contribution in [0.2, 0.25) is 0 Å². The standard InChI is InChI=1S/C21H19N3O2/c22-12-14-5-7-17(8-6-14)23-20(25)18-11-19(18)21(26)24-10-9-15-3-1-2-4-16(15)13-24/h1-8,18-19H,9-11,13H2,(H,23,25). The topological polar surface area (TPSA) is 73.2 Å². The molecule has 26 heavy (non-hydrogen) atoms. The summed E-state index contributed by atoms with van der Waals surface area (Å²) in [6, 6.07) is 17.0. The lowest BCUT2D eigenvalue weighted by molar-refractivity contribution is -0.135. The number of nitrogens with one attached hydrogen (secondary N) is 1. The molecule has 5 heteroatoms. The Balaban J connectivity index is 1.35. The number of nitrogens with zero attached hydrogens (tertiary/aromatic N) is 2. The molecule has 0 bridgehead atoms. The van der Waals surface area contributed by atoms with E-state index in [1.54, 1.807) is 24.3 Å². The fourth-order valence-electron chi connectivity index (χ4n) is 3.54. The highest BCUT2D eigenvalue weighted by atomic mass is 16.2. The van der Waals surface area contributed by atoms with Crippen molar-refractivity contribution in [2.75, 3.05) is 11.9 Å². The zero-order chi connectivity index (χ0) is 18.1. The van der Waals surface area contributed by atoms with E-state index >= 15 is 0 Å². The van der Waals surface area contributed by atoms with Gasteiger partial charge in [0.15, 0.2) is 0 Å². The molecule has 2 aromatic carbocycles. The maximum atomic E-state index is 12.7. The number of hydrogen-bond acceptors (Lipinski definition) is 3. The van der Waals surface area contributed by atoms with Crippen LogP contribution in [0.1, 0.15) is 23.1 Å². The van der Waals surface area contributed by atoms with Gasteiger partial charge >= 0.3 is 0 Å². The fourth-order valence-corrected chi connectivity index (χ4v) is 3.54. The minimum Gasteiger partial charge on any atom is -0.338 e. The van der Waals surface area contributed by atoms with E-state index in [1.807, 2.05) is 23.1 Å². The number of hydrogen-bond donors (Lipinski definition) is 1. The average Bonchev–Trinajstić information content (AvgIpc) is 3.48. The van der Waals surface area contributed by atoms with Crippen LogP contribution in [0.4, 0.5) is 5.69 Å². The van der Waals surface area contributed by atoms with E-state index in [9.17, 15) is 9.59 Å². The predicted molar refractivity (Wildman–Crippen MR) is 96.9 cm³/mol. The number of anilines is 1. The molecule has 130 valence electrons. The first kappa shape index (κ1) is 16.3. The Morgan fingerprint density at radius 1 is 1.04 bits per heavy atom. The summed E-state index contributed by atoms with van der Waals surface area (Å²) < 4.78 is 0. The zero-order valence-corrected chi connectivity index (χ0v) is 14.3. The van der Waals surface area contributed by atoms with Crippen molar-refractivity contribution in [1.29, 1.82) is 5.26 Å². The van der Waals surface area contributed by atoms with Crippen molar-refractivity contribution in [3.8, 4) is 6.07 Å². The summed E-state index contributed by atoms with van der Waals surface area (Å²) in [5, 5.41) is 11.6. The Hall–Kier alpha value is -3.13. The van der Waals surface area contributed by atoms with Gasteiger partial charge in [-0.05, 0) is 48.2 Å². The number of nitriles is 1. The third-order valence-electron chi connectivity index (χ3n) is 5.17. The van der Waals surface area contributed by atoms with Crippen molar-refractivity contribution >= 4 is 17.5 Å². The molecule has 2 aromatic rings. The van der Waals surface area contributed by atoms with Gasteiger partial charge in [-0.1, -0.05) is 24.3 Å². The van der Waals surface area contributed by atoms with E-state index in [0.717, 1.165) is 13.0 Å². The maximum Gasteiger partial charge on any atom is 0.228 e. The molecule has 0 spiro atoms. The number of carbonyl (C=O) groups is 2. The number of amides is 2. The lowest BCUT2D eigenvalue weighted by Crippen LogP contribution is -2.37. The summed E-state index contributed by atoms with van der Waals surface area (Å²) >= 11 is 0. The van der Waals surface area contributed by atoms with Crippen molar-refractivity contribution in [1.82, 2.24) is 4.90 Å². The second-order valence-corrected chi connectivity index (χ2v) is 6.91. The Labute approximate surface area is 152 Å². The summed E-state index contributed by atoms with van der Waals surface area (Å²) in [4.78, 5) is 27.0. The highest BCUT2D eigenvalue weighted by Gasteiger charge is 2.49. The van der Waals surface area contributed by atoms with E-state index in [-0.39, 0.29) is 23.7 Å². The van der Waals surface area contributed by atoms with Crippen molar-refractivity contribution in [3.05, 3.63) is 65.2 Å². The zero-order valence-electron chi connectivity index (χ0n) is 14.3. The number of fused-ring (bicyclic) bond motifs is 1. The molecular formula is C21H19N3O2. The number of benzene rings is 2. The van der Waals surface area contributed by atoms with Gasteiger partial charge in [-0.2, -0.15) is 5.26 Å². The van der Waals surface area contributed by atoms with Crippen molar-refractivity contribution in [2.45, 2.75) is 19.4 Å². The first-order chi connectivity index (χ1) is 12.7. The Morgan fingerprint density at radius 3 is 2.50 bits per heavy atom. The molecule has 1 fully saturated rings. The van der Waals surface area contributed by atoms with Crippen LogP contribution >= 0.6 is 0 Å². The van der Waals surface area contributed by atoms with Gasteiger partial charge in [0.2, 0.25) is 11.8 Å². The SMILES string of the molecule is N#Cc1ccc(NC(=O)C2CC2C(=O)N2CCc3ccccc3C2)cc1. The Morgan fingerprint density at radius 2 is 1.77 bits per heavy atom. The van der Waals surface area contributed by atoms with E-state index in [2.05, 4.69) is 17.4 Å². The predicted octanol–water partition coefficient (Wildman–Crippen LogP) is 2.72. The second-order valence-electron chi connectivity index (χ2n) is 6.91. The summed E-state index contributed by atoms with van der Waals surface area (Å²) in [6.07, 6.45) is 1.48. The van der Waals surface area contributed by atoms with Gasteiger partial charge in [0, 0.05) is 18.8 Å². The first-order valence-electron chi connectivity index (χ1n) is 8.82. The van der Waals surface area contributed by atoms with Gasteiger partial charge in [-0.15, -0.1) is 0 Å². The summed E-state index contributed by atoms with van der Waals surface area (Å²) in [5.41, 5.74) is 3.71. The molecule has 1 heterocycles. The molecule has 5 nitrogen and oxygen atoms in total. The molecule has 2 unspecified atom stereocenters. The largest absolute Gasteiger partial charge is 0.338 e. The fraction of sp³-hybridized carbons (Fsp3) is 0.286. The van der Waals surface area contributed by atoms with E-state index < -0.39 is 0 Å². The third-order valence-corrected chi connectivity index (χ3v) is 5.17. The summed E-state index contributed by atoms with van der Waals surface area (Å²) in [7, 11) is 0. The molecule has 4 rings (SSSR count). The molecule has 0 saturated heterocycles. The van der Waals surface area contributed by atoms with Crippen molar-refractivity contribution in [2.24, 2.45) is 11.8 Å². The van der Waals surface area contributed by atoms with Gasteiger partial charge in [-0.3, -0.25) is 9.59 Å². The number of carbonyl (C=O) groups excluding carboxylic acids is 2. The molecule has 0 aromatic heterocycles. The summed E-state index contributed by atoms with van der Waals surface area (Å²) in [6.45, 7) is 1.35. The van der Waals surface area contributed by atoms with Crippen LogP contribution in [0, 0.1) is 23.2 Å². The van der Waals surface area contributed by atoms with Gasteiger partial charge in [0.25, 0.3) is 0 Å². The first-order valence-corrected chi connectivity index (χ1v) is 8.82. The Bertz CT molecular complexity index is 898. The average molecular weight is 345 g/mol. The number of rotatable bonds is 3. The molecule has 2 aliphatic rings. The van der Waals surface area contributed by atoms with Crippen LogP contribution in [-0.4, -0.2) is 23.3 Å². The monoisotopic (exact) mass is 345 g/mol. The molecule has 1 aliphatic carbocycles. The van der Waals surface area contributed by atoms with E-state index in [4.69, 9.17) is 5.26 Å². The van der Waals surface area contributed by atoms with Gasteiger partial charge < -0.3 is 10.2 Å². The van der Waals surface area contributed by atoms with Gasteiger partial charge in [-0.25, -0.2) is 0 Å². The normalized spacial score (nSPS) is 20.7. The van der Waals surface area contributed by atoms with Crippen molar-refractivity contribution < 1.29 is 9.59 Å². The second kappa shape index (κ2) is 6.64.